The average Bonchev–Trinajstić information content (AvgIpc) is 2.90. The summed E-state index contributed by atoms with van der Waals surface area (Å²) in [7, 11) is 1.69. The topological polar surface area (TPSA) is 69.6 Å². The number of likely N-dealkylation sites (N-methyl/N-ethyl adjacent to an activating group) is 1. The van der Waals surface area contributed by atoms with Crippen molar-refractivity contribution in [2.75, 3.05) is 17.3 Å². The Morgan fingerprint density at radius 1 is 1.12 bits per heavy atom. The number of pyridine rings is 1. The molecule has 0 radical (unpaired) electrons. The number of benzodiazepines with no additional fused rings is 1. The normalized spacial score (nSPS) is 15.4. The van der Waals surface area contributed by atoms with Crippen LogP contribution in [0.2, 0.25) is 10.0 Å². The summed E-state index contributed by atoms with van der Waals surface area (Å²) < 4.78 is 0. The fraction of sp³-hybridized carbons (Fsp3) is 0.167. The maximum atomic E-state index is 13.3. The summed E-state index contributed by atoms with van der Waals surface area (Å²) in [6.45, 7) is 2.06. The summed E-state index contributed by atoms with van der Waals surface area (Å²) >= 11 is 18.3. The third-order valence-corrected chi connectivity index (χ3v) is 6.05. The van der Waals surface area contributed by atoms with Crippen LogP contribution in [0.25, 0.3) is 0 Å². The molecule has 2 heterocycles. The Balaban J connectivity index is 1.72. The van der Waals surface area contributed by atoms with Crippen LogP contribution >= 0.6 is 35.4 Å². The molecule has 0 bridgehead atoms. The highest BCUT2D eigenvalue weighted by Crippen LogP contribution is 2.31. The molecular formula is C24H21Cl2N5OS. The summed E-state index contributed by atoms with van der Waals surface area (Å²) in [6.07, 6.45) is 1.60. The van der Waals surface area contributed by atoms with E-state index in [1.165, 1.54) is 4.90 Å². The summed E-state index contributed by atoms with van der Waals surface area (Å²) in [4.78, 5) is 23.9. The maximum absolute atomic E-state index is 13.3. The van der Waals surface area contributed by atoms with Crippen molar-refractivity contribution in [3.8, 4) is 0 Å². The van der Waals surface area contributed by atoms with Crippen LogP contribution in [0.4, 0.5) is 11.5 Å². The van der Waals surface area contributed by atoms with Gasteiger partial charge in [0.25, 0.3) is 5.91 Å². The van der Waals surface area contributed by atoms with Crippen LogP contribution in [-0.4, -0.2) is 34.9 Å². The second kappa shape index (κ2) is 9.87. The van der Waals surface area contributed by atoms with Gasteiger partial charge in [-0.3, -0.25) is 4.79 Å². The monoisotopic (exact) mass is 497 g/mol. The molecule has 1 atom stereocenters. The Bertz CT molecular complexity index is 1260. The van der Waals surface area contributed by atoms with Gasteiger partial charge in [-0.1, -0.05) is 48.3 Å². The molecule has 0 fully saturated rings. The highest BCUT2D eigenvalue weighted by atomic mass is 35.5. The van der Waals surface area contributed by atoms with Crippen LogP contribution in [-0.2, 0) is 11.2 Å². The third kappa shape index (κ3) is 5.00. The van der Waals surface area contributed by atoms with E-state index >= 15 is 0 Å². The molecule has 2 N–H and O–H groups in total. The van der Waals surface area contributed by atoms with Crippen molar-refractivity contribution in [1.82, 2.24) is 10.3 Å². The van der Waals surface area contributed by atoms with Crippen molar-refractivity contribution in [3.05, 3.63) is 87.5 Å². The molecule has 0 saturated carbocycles. The number of benzene rings is 2. The number of fused-ring (bicyclic) bond motifs is 1. The highest BCUT2D eigenvalue weighted by molar-refractivity contribution is 7.80. The lowest BCUT2D eigenvalue weighted by atomic mass is 10.00. The van der Waals surface area contributed by atoms with Crippen molar-refractivity contribution >= 4 is 63.7 Å². The second-order valence-corrected chi connectivity index (χ2v) is 8.67. The number of aromatic nitrogens is 1. The number of hydrogen-bond acceptors (Lipinski definition) is 4. The first-order valence-corrected chi connectivity index (χ1v) is 11.5. The quantitative estimate of drug-likeness (QED) is 0.492. The number of halogens is 2. The Hall–Kier alpha value is -3.00. The molecule has 0 spiro atoms. The van der Waals surface area contributed by atoms with Gasteiger partial charge in [0.15, 0.2) is 5.11 Å². The van der Waals surface area contributed by atoms with E-state index in [1.807, 2.05) is 30.3 Å². The number of anilines is 2. The zero-order valence-corrected chi connectivity index (χ0v) is 20.3. The number of nitrogens with zero attached hydrogens (tertiary/aromatic N) is 3. The van der Waals surface area contributed by atoms with E-state index in [1.54, 1.807) is 37.5 Å². The van der Waals surface area contributed by atoms with Gasteiger partial charge >= 0.3 is 0 Å². The Morgan fingerprint density at radius 2 is 1.91 bits per heavy atom. The zero-order valence-electron chi connectivity index (χ0n) is 18.0. The minimum Gasteiger partial charge on any atom is -0.333 e. The van der Waals surface area contributed by atoms with E-state index in [-0.39, 0.29) is 11.0 Å². The zero-order chi connectivity index (χ0) is 23.5. The van der Waals surface area contributed by atoms with E-state index in [0.717, 1.165) is 12.0 Å². The molecule has 6 nitrogen and oxygen atoms in total. The predicted octanol–water partition coefficient (Wildman–Crippen LogP) is 5.08. The molecule has 1 aliphatic heterocycles. The van der Waals surface area contributed by atoms with Gasteiger partial charge in [0.05, 0.1) is 11.4 Å². The molecule has 0 saturated heterocycles. The van der Waals surface area contributed by atoms with Crippen molar-refractivity contribution in [2.45, 2.75) is 19.5 Å². The molecule has 1 aromatic heterocycles. The number of aryl methyl sites for hydroxylation is 1. The summed E-state index contributed by atoms with van der Waals surface area (Å²) in [6, 6.07) is 16.5. The maximum Gasteiger partial charge on any atom is 0.272 e. The summed E-state index contributed by atoms with van der Waals surface area (Å²) in [5, 5.41) is 7.33. The van der Waals surface area contributed by atoms with E-state index in [9.17, 15) is 4.79 Å². The number of nitrogens with one attached hydrogen (secondary N) is 2. The molecule has 4 rings (SSSR count). The van der Waals surface area contributed by atoms with Crippen LogP contribution in [0.1, 0.15) is 23.6 Å². The first-order valence-electron chi connectivity index (χ1n) is 10.3. The van der Waals surface area contributed by atoms with Gasteiger partial charge in [-0.2, -0.15) is 0 Å². The molecule has 0 aliphatic carbocycles. The van der Waals surface area contributed by atoms with Gasteiger partial charge in [-0.25, -0.2) is 9.98 Å². The van der Waals surface area contributed by atoms with E-state index < -0.39 is 6.17 Å². The molecule has 1 aliphatic rings. The molecule has 33 heavy (non-hydrogen) atoms. The first-order chi connectivity index (χ1) is 15.9. The van der Waals surface area contributed by atoms with Crippen molar-refractivity contribution in [2.24, 2.45) is 4.99 Å². The molecule has 3 aromatic rings. The lowest BCUT2D eigenvalue weighted by Gasteiger charge is -2.22. The number of amides is 1. The number of thiocarbonyl (C=S) groups is 1. The molecular weight excluding hydrogens is 477 g/mol. The lowest BCUT2D eigenvalue weighted by molar-refractivity contribution is -0.119. The fourth-order valence-electron chi connectivity index (χ4n) is 3.55. The van der Waals surface area contributed by atoms with Crippen molar-refractivity contribution in [3.63, 3.8) is 0 Å². The van der Waals surface area contributed by atoms with Crippen LogP contribution in [0.5, 0.6) is 0 Å². The van der Waals surface area contributed by atoms with Gasteiger partial charge in [-0.15, -0.1) is 0 Å². The minimum atomic E-state index is -0.984. The summed E-state index contributed by atoms with van der Waals surface area (Å²) in [5.41, 5.74) is 3.72. The number of carbonyl (C=O) groups excluding carboxylic acids is 1. The Morgan fingerprint density at radius 3 is 2.67 bits per heavy atom. The van der Waals surface area contributed by atoms with Crippen LogP contribution in [0.3, 0.4) is 0 Å². The van der Waals surface area contributed by atoms with Crippen LogP contribution < -0.4 is 15.5 Å². The second-order valence-electron chi connectivity index (χ2n) is 7.42. The molecule has 1 amide bonds. The van der Waals surface area contributed by atoms with Crippen LogP contribution in [0, 0.1) is 0 Å². The van der Waals surface area contributed by atoms with Crippen LogP contribution in [0.15, 0.2) is 65.8 Å². The van der Waals surface area contributed by atoms with E-state index in [2.05, 4.69) is 22.5 Å². The number of aliphatic imine (C=N–C) groups is 1. The fourth-order valence-corrected chi connectivity index (χ4v) is 4.16. The molecule has 2 aromatic carbocycles. The van der Waals surface area contributed by atoms with Gasteiger partial charge in [-0.05, 0) is 60.6 Å². The van der Waals surface area contributed by atoms with Gasteiger partial charge < -0.3 is 15.5 Å². The molecule has 168 valence electrons. The standard InChI is InChI=1S/C24H21Cl2N5OS/c1-3-14-10-11-27-20(12-14)28-24(33)30-22-23(32)31(2)19-9-8-15(25)13-17(19)21(29-22)16-6-4-5-7-18(16)26/h4-13,22H,3H2,1-2H3,(H2,27,28,30,33). The van der Waals surface area contributed by atoms with E-state index in [0.29, 0.717) is 38.4 Å². The highest BCUT2D eigenvalue weighted by Gasteiger charge is 2.31. The molecule has 1 unspecified atom stereocenters. The van der Waals surface area contributed by atoms with Gasteiger partial charge in [0.1, 0.15) is 5.82 Å². The number of hydrogen-bond donors (Lipinski definition) is 2. The summed E-state index contributed by atoms with van der Waals surface area (Å²) in [5.74, 6) is 0.312. The minimum absolute atomic E-state index is 0.230. The Labute approximate surface area is 207 Å². The lowest BCUT2D eigenvalue weighted by Crippen LogP contribution is -2.47. The Kier molecular flexibility index (Phi) is 6.93. The third-order valence-electron chi connectivity index (χ3n) is 5.27. The molecule has 9 heteroatoms. The average molecular weight is 498 g/mol. The number of carbonyl (C=O) groups is 1. The predicted molar refractivity (Wildman–Crippen MR) is 139 cm³/mol. The van der Waals surface area contributed by atoms with Crippen molar-refractivity contribution in [1.29, 1.82) is 0 Å². The smallest absolute Gasteiger partial charge is 0.272 e. The first kappa shape index (κ1) is 23.2. The van der Waals surface area contributed by atoms with Gasteiger partial charge in [0.2, 0.25) is 6.17 Å². The SMILES string of the molecule is CCc1ccnc(NC(=S)NC2N=C(c3ccccc3Cl)c3cc(Cl)ccc3N(C)C2=O)c1. The van der Waals surface area contributed by atoms with Gasteiger partial charge in [0, 0.05) is 34.4 Å². The van der Waals surface area contributed by atoms with Crippen molar-refractivity contribution < 1.29 is 4.79 Å². The largest absolute Gasteiger partial charge is 0.333 e. The number of rotatable bonds is 4. The van der Waals surface area contributed by atoms with E-state index in [4.69, 9.17) is 40.4 Å².